The number of sulfonamides is 1. The van der Waals surface area contributed by atoms with E-state index in [-0.39, 0.29) is 41.5 Å². The van der Waals surface area contributed by atoms with E-state index in [1.165, 1.54) is 16.4 Å². The van der Waals surface area contributed by atoms with Crippen molar-refractivity contribution < 1.29 is 22.8 Å². The fourth-order valence-corrected chi connectivity index (χ4v) is 6.16. The second kappa shape index (κ2) is 8.58. The Morgan fingerprint density at radius 2 is 1.55 bits per heavy atom. The molecule has 0 bridgehead atoms. The Labute approximate surface area is 182 Å². The maximum Gasteiger partial charge on any atom is 0.243 e. The molecule has 2 N–H and O–H groups in total. The van der Waals surface area contributed by atoms with Gasteiger partial charge in [0.1, 0.15) is 0 Å². The predicted molar refractivity (Wildman–Crippen MR) is 113 cm³/mol. The van der Waals surface area contributed by atoms with E-state index in [2.05, 4.69) is 0 Å². The molecule has 168 valence electrons. The summed E-state index contributed by atoms with van der Waals surface area (Å²) in [6, 6.07) is 6.32. The van der Waals surface area contributed by atoms with E-state index in [1.807, 2.05) is 0 Å². The zero-order chi connectivity index (χ0) is 22.2. The second-order valence-electron chi connectivity index (χ2n) is 8.51. The van der Waals surface area contributed by atoms with Crippen molar-refractivity contribution >= 4 is 33.4 Å². The number of nitrogens with zero attached hydrogens (tertiary/aromatic N) is 3. The summed E-state index contributed by atoms with van der Waals surface area (Å²) < 4.78 is 26.8. The number of piperidine rings is 1. The second-order valence-corrected chi connectivity index (χ2v) is 10.5. The third-order valence-electron chi connectivity index (χ3n) is 6.53. The van der Waals surface area contributed by atoms with Crippen LogP contribution in [0.25, 0.3) is 0 Å². The zero-order valence-electron chi connectivity index (χ0n) is 17.4. The molecule has 0 unspecified atom stereocenters. The number of benzene rings is 1. The lowest BCUT2D eigenvalue weighted by Crippen LogP contribution is -2.44. The molecule has 3 aliphatic heterocycles. The first-order valence-electron chi connectivity index (χ1n) is 10.8. The van der Waals surface area contributed by atoms with Crippen molar-refractivity contribution in [3.63, 3.8) is 0 Å². The number of likely N-dealkylation sites (tertiary alicyclic amines) is 1. The van der Waals surface area contributed by atoms with Gasteiger partial charge in [-0.3, -0.25) is 14.4 Å². The molecule has 1 aromatic carbocycles. The van der Waals surface area contributed by atoms with E-state index in [0.29, 0.717) is 44.7 Å². The summed E-state index contributed by atoms with van der Waals surface area (Å²) in [5.41, 5.74) is 5.94. The highest BCUT2D eigenvalue weighted by Gasteiger charge is 2.38. The number of rotatable bonds is 5. The Kier molecular flexibility index (Phi) is 6.02. The van der Waals surface area contributed by atoms with E-state index in [9.17, 15) is 22.8 Å². The van der Waals surface area contributed by atoms with Crippen LogP contribution < -0.4 is 10.6 Å². The lowest BCUT2D eigenvalue weighted by molar-refractivity contribution is -0.138. The molecule has 0 aliphatic carbocycles. The summed E-state index contributed by atoms with van der Waals surface area (Å²) >= 11 is 0. The van der Waals surface area contributed by atoms with Crippen LogP contribution in [0, 0.1) is 11.8 Å². The molecular weight excluding hydrogens is 420 g/mol. The van der Waals surface area contributed by atoms with Gasteiger partial charge in [-0.1, -0.05) is 0 Å². The van der Waals surface area contributed by atoms with Gasteiger partial charge in [0.25, 0.3) is 0 Å². The standard InChI is InChI=1S/C21H28N4O5S/c22-20(27)15-7-11-23(12-8-15)21(28)16-13-19(26)25(14-16)17-3-5-18(6-4-17)31(29,30)24-9-1-2-10-24/h3-6,15-16H,1-2,7-14H2,(H2,22,27)/t16-/m1/s1. The molecule has 3 aliphatic rings. The van der Waals surface area contributed by atoms with Crippen LogP contribution in [0.4, 0.5) is 5.69 Å². The lowest BCUT2D eigenvalue weighted by Gasteiger charge is -2.32. The molecule has 9 nitrogen and oxygen atoms in total. The maximum absolute atomic E-state index is 12.9. The van der Waals surface area contributed by atoms with Crippen molar-refractivity contribution in [1.29, 1.82) is 0 Å². The Balaban J connectivity index is 1.40. The van der Waals surface area contributed by atoms with Gasteiger partial charge in [-0.15, -0.1) is 0 Å². The van der Waals surface area contributed by atoms with Gasteiger partial charge in [-0.05, 0) is 49.9 Å². The van der Waals surface area contributed by atoms with Gasteiger partial charge < -0.3 is 15.5 Å². The number of carbonyl (C=O) groups is 3. The Morgan fingerprint density at radius 3 is 2.13 bits per heavy atom. The molecule has 3 saturated heterocycles. The number of hydrogen-bond acceptors (Lipinski definition) is 5. The number of nitrogens with two attached hydrogens (primary N) is 1. The minimum atomic E-state index is -3.51. The smallest absolute Gasteiger partial charge is 0.243 e. The summed E-state index contributed by atoms with van der Waals surface area (Å²) in [6.45, 7) is 2.29. The van der Waals surface area contributed by atoms with Crippen LogP contribution in [0.3, 0.4) is 0 Å². The van der Waals surface area contributed by atoms with Crippen molar-refractivity contribution in [2.45, 2.75) is 37.0 Å². The lowest BCUT2D eigenvalue weighted by atomic mass is 9.95. The molecule has 3 heterocycles. The first-order chi connectivity index (χ1) is 14.8. The van der Waals surface area contributed by atoms with Crippen molar-refractivity contribution in [3.8, 4) is 0 Å². The summed E-state index contributed by atoms with van der Waals surface area (Å²) in [6.07, 6.45) is 2.98. The van der Waals surface area contributed by atoms with Crippen LogP contribution in [0.15, 0.2) is 29.2 Å². The summed E-state index contributed by atoms with van der Waals surface area (Å²) in [4.78, 5) is 40.2. The molecule has 10 heteroatoms. The van der Waals surface area contributed by atoms with Crippen LogP contribution >= 0.6 is 0 Å². The van der Waals surface area contributed by atoms with Crippen LogP contribution in [0.5, 0.6) is 0 Å². The summed E-state index contributed by atoms with van der Waals surface area (Å²) in [5.74, 6) is -1.19. The van der Waals surface area contributed by atoms with E-state index < -0.39 is 15.9 Å². The van der Waals surface area contributed by atoms with E-state index in [1.54, 1.807) is 21.9 Å². The first-order valence-corrected chi connectivity index (χ1v) is 12.2. The Bertz CT molecular complexity index is 964. The minimum Gasteiger partial charge on any atom is -0.369 e. The number of hydrogen-bond donors (Lipinski definition) is 1. The van der Waals surface area contributed by atoms with Crippen molar-refractivity contribution in [1.82, 2.24) is 9.21 Å². The third kappa shape index (κ3) is 4.31. The van der Waals surface area contributed by atoms with Gasteiger partial charge >= 0.3 is 0 Å². The van der Waals surface area contributed by atoms with Crippen molar-refractivity contribution in [3.05, 3.63) is 24.3 Å². The van der Waals surface area contributed by atoms with Crippen LogP contribution in [0.1, 0.15) is 32.1 Å². The van der Waals surface area contributed by atoms with E-state index >= 15 is 0 Å². The number of primary amides is 1. The van der Waals surface area contributed by atoms with Gasteiger partial charge in [-0.25, -0.2) is 8.42 Å². The molecule has 0 aromatic heterocycles. The highest BCUT2D eigenvalue weighted by molar-refractivity contribution is 7.89. The summed E-state index contributed by atoms with van der Waals surface area (Å²) in [5, 5.41) is 0. The molecule has 0 saturated carbocycles. The molecule has 4 rings (SSSR count). The maximum atomic E-state index is 12.9. The number of anilines is 1. The molecule has 1 aromatic rings. The van der Waals surface area contributed by atoms with Gasteiger partial charge in [0.15, 0.2) is 0 Å². The van der Waals surface area contributed by atoms with Crippen molar-refractivity contribution in [2.24, 2.45) is 17.6 Å². The van der Waals surface area contributed by atoms with Crippen LogP contribution in [0.2, 0.25) is 0 Å². The normalized spacial score (nSPS) is 23.5. The third-order valence-corrected chi connectivity index (χ3v) is 8.45. The van der Waals surface area contributed by atoms with E-state index in [0.717, 1.165) is 12.8 Å². The molecule has 1 atom stereocenters. The SMILES string of the molecule is NC(=O)C1CCN(C(=O)[C@@H]2CC(=O)N(c3ccc(S(=O)(=O)N4CCCC4)cc3)C2)CC1. The predicted octanol–water partition coefficient (Wildman–Crippen LogP) is 0.548. The van der Waals surface area contributed by atoms with Gasteiger partial charge in [-0.2, -0.15) is 4.31 Å². The molecule has 0 spiro atoms. The molecular formula is C21H28N4O5S. The fraction of sp³-hybridized carbons (Fsp3) is 0.571. The molecule has 3 amide bonds. The van der Waals surface area contributed by atoms with E-state index in [4.69, 9.17) is 5.73 Å². The Morgan fingerprint density at radius 1 is 0.935 bits per heavy atom. The zero-order valence-corrected chi connectivity index (χ0v) is 18.2. The number of amides is 3. The Hall–Kier alpha value is -2.46. The molecule has 31 heavy (non-hydrogen) atoms. The average molecular weight is 449 g/mol. The highest BCUT2D eigenvalue weighted by atomic mass is 32.2. The largest absolute Gasteiger partial charge is 0.369 e. The molecule has 3 fully saturated rings. The van der Waals surface area contributed by atoms with Crippen molar-refractivity contribution in [2.75, 3.05) is 37.6 Å². The fourth-order valence-electron chi connectivity index (χ4n) is 4.64. The monoisotopic (exact) mass is 448 g/mol. The first kappa shape index (κ1) is 21.8. The summed E-state index contributed by atoms with van der Waals surface area (Å²) in [7, 11) is -3.51. The highest BCUT2D eigenvalue weighted by Crippen LogP contribution is 2.29. The van der Waals surface area contributed by atoms with Gasteiger partial charge in [0.2, 0.25) is 27.7 Å². The van der Waals surface area contributed by atoms with Gasteiger partial charge in [0.05, 0.1) is 10.8 Å². The van der Waals surface area contributed by atoms with Crippen LogP contribution in [-0.2, 0) is 24.4 Å². The minimum absolute atomic E-state index is 0.0769. The number of carbonyl (C=O) groups excluding carboxylic acids is 3. The average Bonchev–Trinajstić information content (AvgIpc) is 3.44. The molecule has 0 radical (unpaired) electrons. The van der Waals surface area contributed by atoms with Gasteiger partial charge in [0, 0.05) is 50.7 Å². The van der Waals surface area contributed by atoms with Crippen LogP contribution in [-0.4, -0.2) is 68.1 Å². The topological polar surface area (TPSA) is 121 Å². The quantitative estimate of drug-likeness (QED) is 0.705.